The lowest BCUT2D eigenvalue weighted by molar-refractivity contribution is -0.147. The monoisotopic (exact) mass is 171 g/mol. The predicted octanol–water partition coefficient (Wildman–Crippen LogP) is 0.911. The van der Waals surface area contributed by atoms with E-state index >= 15 is 0 Å². The molecule has 0 atom stereocenters. The highest BCUT2D eigenvalue weighted by molar-refractivity contribution is 5.71. The number of carbonyl (C=O) groups excluding carboxylic acids is 2. The van der Waals surface area contributed by atoms with E-state index in [2.05, 4.69) is 4.99 Å². The molecule has 0 aromatic heterocycles. The smallest absolute Gasteiger partial charge is 0.308 e. The first-order chi connectivity index (χ1) is 5.68. The first-order valence-electron chi connectivity index (χ1n) is 3.88. The van der Waals surface area contributed by atoms with Gasteiger partial charge in [-0.1, -0.05) is 13.8 Å². The van der Waals surface area contributed by atoms with Gasteiger partial charge >= 0.3 is 5.97 Å². The fourth-order valence-corrected chi connectivity index (χ4v) is 0.529. The van der Waals surface area contributed by atoms with Crippen molar-refractivity contribution in [1.82, 2.24) is 0 Å². The molecule has 68 valence electrons. The summed E-state index contributed by atoms with van der Waals surface area (Å²) in [4.78, 5) is 23.8. The van der Waals surface area contributed by atoms with E-state index in [-0.39, 0.29) is 11.9 Å². The highest BCUT2D eigenvalue weighted by Gasteiger charge is 2.06. The molecule has 0 aromatic rings. The lowest BCUT2D eigenvalue weighted by Crippen LogP contribution is -2.12. The number of isocyanates is 1. The van der Waals surface area contributed by atoms with Crippen LogP contribution in [0.1, 0.15) is 20.3 Å². The molecule has 0 spiro atoms. The highest BCUT2D eigenvalue weighted by Crippen LogP contribution is 1.96. The Kier molecular flexibility index (Phi) is 5.93. The van der Waals surface area contributed by atoms with E-state index < -0.39 is 0 Å². The maximum absolute atomic E-state index is 10.8. The number of carbonyl (C=O) groups is 1. The van der Waals surface area contributed by atoms with Crippen LogP contribution < -0.4 is 0 Å². The molecule has 4 heteroatoms. The third-order valence-corrected chi connectivity index (χ3v) is 1.19. The standard InChI is InChI=1S/C8H13NO3/c1-7(2)8(11)12-5-3-4-9-6-10/h7H,3-5H2,1-2H3. The van der Waals surface area contributed by atoms with Gasteiger partial charge in [0.2, 0.25) is 6.08 Å². The van der Waals surface area contributed by atoms with Gasteiger partial charge in [-0.25, -0.2) is 9.79 Å². The molecule has 0 bridgehead atoms. The summed E-state index contributed by atoms with van der Waals surface area (Å²) >= 11 is 0. The zero-order valence-corrected chi connectivity index (χ0v) is 7.37. The molecule has 0 aliphatic rings. The summed E-state index contributed by atoms with van der Waals surface area (Å²) in [5, 5.41) is 0. The molecule has 4 nitrogen and oxygen atoms in total. The molecular weight excluding hydrogens is 158 g/mol. The average molecular weight is 171 g/mol. The molecule has 0 heterocycles. The molecule has 0 aliphatic heterocycles. The van der Waals surface area contributed by atoms with E-state index in [0.717, 1.165) is 0 Å². The Morgan fingerprint density at radius 1 is 1.58 bits per heavy atom. The number of rotatable bonds is 5. The molecule has 0 N–H and O–H groups in total. The van der Waals surface area contributed by atoms with Gasteiger partial charge in [-0.15, -0.1) is 0 Å². The number of nitrogens with zero attached hydrogens (tertiary/aromatic N) is 1. The molecule has 0 saturated heterocycles. The summed E-state index contributed by atoms with van der Waals surface area (Å²) in [6, 6.07) is 0. The van der Waals surface area contributed by atoms with Crippen molar-refractivity contribution < 1.29 is 14.3 Å². The summed E-state index contributed by atoms with van der Waals surface area (Å²) in [7, 11) is 0. The van der Waals surface area contributed by atoms with E-state index in [9.17, 15) is 9.59 Å². The van der Waals surface area contributed by atoms with Crippen molar-refractivity contribution >= 4 is 12.0 Å². The second-order valence-corrected chi connectivity index (χ2v) is 2.65. The van der Waals surface area contributed by atoms with Gasteiger partial charge < -0.3 is 4.74 Å². The number of ether oxygens (including phenoxy) is 1. The predicted molar refractivity (Wildman–Crippen MR) is 43.4 cm³/mol. The number of hydrogen-bond acceptors (Lipinski definition) is 4. The minimum Gasteiger partial charge on any atom is -0.465 e. The van der Waals surface area contributed by atoms with E-state index in [1.54, 1.807) is 13.8 Å². The van der Waals surface area contributed by atoms with Crippen LogP contribution in [-0.4, -0.2) is 25.2 Å². The molecule has 0 radical (unpaired) electrons. The quantitative estimate of drug-likeness (QED) is 0.267. The van der Waals surface area contributed by atoms with Crippen molar-refractivity contribution in [2.24, 2.45) is 10.9 Å². The van der Waals surface area contributed by atoms with Gasteiger partial charge in [0.1, 0.15) is 0 Å². The summed E-state index contributed by atoms with van der Waals surface area (Å²) in [5.41, 5.74) is 0. The normalized spacial score (nSPS) is 9.25. The van der Waals surface area contributed by atoms with Crippen molar-refractivity contribution in [3.8, 4) is 0 Å². The van der Waals surface area contributed by atoms with Gasteiger partial charge in [0.15, 0.2) is 0 Å². The van der Waals surface area contributed by atoms with Crippen LogP contribution in [0.3, 0.4) is 0 Å². The summed E-state index contributed by atoms with van der Waals surface area (Å²) < 4.78 is 4.82. The van der Waals surface area contributed by atoms with Gasteiger partial charge in [-0.3, -0.25) is 4.79 Å². The Labute approximate surface area is 71.6 Å². The maximum Gasteiger partial charge on any atom is 0.308 e. The van der Waals surface area contributed by atoms with Crippen molar-refractivity contribution in [3.63, 3.8) is 0 Å². The summed E-state index contributed by atoms with van der Waals surface area (Å²) in [6.07, 6.45) is 1.99. The Morgan fingerprint density at radius 2 is 2.25 bits per heavy atom. The van der Waals surface area contributed by atoms with Gasteiger partial charge in [0.25, 0.3) is 0 Å². The van der Waals surface area contributed by atoms with E-state index in [1.165, 1.54) is 6.08 Å². The van der Waals surface area contributed by atoms with Crippen LogP contribution in [0.15, 0.2) is 4.99 Å². The van der Waals surface area contributed by atoms with E-state index in [4.69, 9.17) is 4.74 Å². The molecule has 0 aliphatic carbocycles. The molecule has 0 saturated carbocycles. The minimum absolute atomic E-state index is 0.0976. The first-order valence-corrected chi connectivity index (χ1v) is 3.88. The number of aliphatic imine (C=N–C) groups is 1. The topological polar surface area (TPSA) is 55.7 Å². The van der Waals surface area contributed by atoms with Gasteiger partial charge in [0.05, 0.1) is 19.1 Å². The molecule has 0 rings (SSSR count). The van der Waals surface area contributed by atoms with Crippen LogP contribution in [-0.2, 0) is 14.3 Å². The highest BCUT2D eigenvalue weighted by atomic mass is 16.5. The molecule has 0 fully saturated rings. The minimum atomic E-state index is -0.218. The van der Waals surface area contributed by atoms with Crippen molar-refractivity contribution in [1.29, 1.82) is 0 Å². The maximum atomic E-state index is 10.8. The molecule has 0 amide bonds. The fraction of sp³-hybridized carbons (Fsp3) is 0.750. The Bertz CT molecular complexity index is 183. The zero-order valence-electron chi connectivity index (χ0n) is 7.37. The Hall–Kier alpha value is -1.15. The zero-order chi connectivity index (χ0) is 9.40. The van der Waals surface area contributed by atoms with Gasteiger partial charge in [0, 0.05) is 6.42 Å². The van der Waals surface area contributed by atoms with Crippen molar-refractivity contribution in [2.45, 2.75) is 20.3 Å². The fourth-order valence-electron chi connectivity index (χ4n) is 0.529. The lowest BCUT2D eigenvalue weighted by atomic mass is 10.2. The van der Waals surface area contributed by atoms with Crippen molar-refractivity contribution in [3.05, 3.63) is 0 Å². The summed E-state index contributed by atoms with van der Waals surface area (Å²) in [5.74, 6) is -0.315. The molecule has 0 aromatic carbocycles. The van der Waals surface area contributed by atoms with E-state index in [1.807, 2.05) is 0 Å². The molecule has 0 unspecified atom stereocenters. The van der Waals surface area contributed by atoms with Crippen LogP contribution in [0.4, 0.5) is 0 Å². The Balaban J connectivity index is 3.31. The van der Waals surface area contributed by atoms with E-state index in [0.29, 0.717) is 19.6 Å². The second-order valence-electron chi connectivity index (χ2n) is 2.65. The number of esters is 1. The SMILES string of the molecule is CC(C)C(=O)OCCCN=C=O. The number of hydrogen-bond donors (Lipinski definition) is 0. The van der Waals surface area contributed by atoms with Crippen LogP contribution >= 0.6 is 0 Å². The second kappa shape index (κ2) is 6.55. The average Bonchev–Trinajstić information content (AvgIpc) is 2.03. The largest absolute Gasteiger partial charge is 0.465 e. The lowest BCUT2D eigenvalue weighted by Gasteiger charge is -2.04. The van der Waals surface area contributed by atoms with Gasteiger partial charge in [-0.05, 0) is 0 Å². The van der Waals surface area contributed by atoms with Crippen LogP contribution in [0, 0.1) is 5.92 Å². The van der Waals surface area contributed by atoms with Gasteiger partial charge in [-0.2, -0.15) is 0 Å². The van der Waals surface area contributed by atoms with Crippen molar-refractivity contribution in [2.75, 3.05) is 13.2 Å². The first kappa shape index (κ1) is 10.8. The molecule has 12 heavy (non-hydrogen) atoms. The molecular formula is C8H13NO3. The third-order valence-electron chi connectivity index (χ3n) is 1.19. The Morgan fingerprint density at radius 3 is 2.75 bits per heavy atom. The van der Waals surface area contributed by atoms with Crippen LogP contribution in [0.2, 0.25) is 0 Å². The van der Waals surface area contributed by atoms with Crippen LogP contribution in [0.25, 0.3) is 0 Å². The van der Waals surface area contributed by atoms with Crippen LogP contribution in [0.5, 0.6) is 0 Å². The third kappa shape index (κ3) is 5.62. The summed E-state index contributed by atoms with van der Waals surface area (Å²) in [6.45, 7) is 4.23.